The van der Waals surface area contributed by atoms with E-state index in [0.717, 1.165) is 6.08 Å². The van der Waals surface area contributed by atoms with E-state index in [0.29, 0.717) is 17.4 Å². The van der Waals surface area contributed by atoms with Gasteiger partial charge in [-0.15, -0.1) is 0 Å². The van der Waals surface area contributed by atoms with Gasteiger partial charge in [0.1, 0.15) is 6.29 Å². The highest BCUT2D eigenvalue weighted by Gasteiger charge is 2.21. The fourth-order valence-electron chi connectivity index (χ4n) is 0.927. The molecule has 0 heterocycles. The molecule has 1 rings (SSSR count). The zero-order valence-corrected chi connectivity index (χ0v) is 7.08. The van der Waals surface area contributed by atoms with Gasteiger partial charge in [-0.05, 0) is 11.6 Å². The predicted molar refractivity (Wildman–Crippen MR) is 46.9 cm³/mol. The number of hydrogen-bond donors (Lipinski definition) is 0. The van der Waals surface area contributed by atoms with E-state index in [1.807, 2.05) is 0 Å². The van der Waals surface area contributed by atoms with E-state index < -0.39 is 6.18 Å². The van der Waals surface area contributed by atoms with Gasteiger partial charge in [0, 0.05) is 11.6 Å². The van der Waals surface area contributed by atoms with E-state index in [2.05, 4.69) is 0 Å². The van der Waals surface area contributed by atoms with Gasteiger partial charge in [0.15, 0.2) is 0 Å². The number of hydrogen-bond acceptors (Lipinski definition) is 1. The number of alkyl halides is 3. The van der Waals surface area contributed by atoms with Gasteiger partial charge in [0.25, 0.3) is 0 Å². The van der Waals surface area contributed by atoms with Crippen LogP contribution >= 0.6 is 0 Å². The van der Waals surface area contributed by atoms with Gasteiger partial charge in [-0.25, -0.2) is 0 Å². The van der Waals surface area contributed by atoms with Crippen LogP contribution in [0.25, 0.3) is 6.08 Å². The predicted octanol–water partition coefficient (Wildman–Crippen LogP) is 3.07. The van der Waals surface area contributed by atoms with E-state index in [1.165, 1.54) is 24.3 Å². The van der Waals surface area contributed by atoms with Crippen LogP contribution in [0, 0.1) is 0 Å². The second-order valence-corrected chi connectivity index (χ2v) is 2.66. The van der Waals surface area contributed by atoms with Gasteiger partial charge < -0.3 is 0 Å². The Balaban J connectivity index is 2.87. The van der Waals surface area contributed by atoms with Crippen molar-refractivity contribution in [2.24, 2.45) is 0 Å². The quantitative estimate of drug-likeness (QED) is 0.670. The van der Waals surface area contributed by atoms with Crippen molar-refractivity contribution in [2.45, 2.75) is 6.18 Å². The van der Waals surface area contributed by atoms with Crippen LogP contribution in [0.15, 0.2) is 30.3 Å². The molecule has 0 spiro atoms. The summed E-state index contributed by atoms with van der Waals surface area (Å²) in [4.78, 5) is 10.3. The standard InChI is InChI=1S/C10H7F3O/c11-10(12,13)5-4-8-2-1-3-9(6-8)7-14/h1-7H/b5-4+. The Morgan fingerprint density at radius 1 is 1.14 bits per heavy atom. The molecule has 0 saturated carbocycles. The molecule has 0 aliphatic heterocycles. The van der Waals surface area contributed by atoms with Crippen LogP contribution in [0.1, 0.15) is 15.9 Å². The van der Waals surface area contributed by atoms with Crippen LogP contribution in [-0.4, -0.2) is 12.5 Å². The number of allylic oxidation sites excluding steroid dienone is 1. The summed E-state index contributed by atoms with van der Waals surface area (Å²) in [6.45, 7) is 0. The Kier molecular flexibility index (Phi) is 3.06. The molecule has 0 aliphatic carbocycles. The van der Waals surface area contributed by atoms with E-state index in [1.54, 1.807) is 0 Å². The molecule has 14 heavy (non-hydrogen) atoms. The summed E-state index contributed by atoms with van der Waals surface area (Å²) in [6, 6.07) is 5.93. The molecule has 4 heteroatoms. The molecular weight excluding hydrogens is 193 g/mol. The summed E-state index contributed by atoms with van der Waals surface area (Å²) < 4.78 is 35.3. The van der Waals surface area contributed by atoms with Crippen LogP contribution in [0.4, 0.5) is 13.2 Å². The smallest absolute Gasteiger partial charge is 0.298 e. The van der Waals surface area contributed by atoms with Crippen LogP contribution < -0.4 is 0 Å². The van der Waals surface area contributed by atoms with Gasteiger partial charge in [0.2, 0.25) is 0 Å². The maximum Gasteiger partial charge on any atom is 0.409 e. The maximum atomic E-state index is 11.8. The molecule has 0 N–H and O–H groups in total. The molecule has 0 bridgehead atoms. The average molecular weight is 200 g/mol. The van der Waals surface area contributed by atoms with Crippen molar-refractivity contribution < 1.29 is 18.0 Å². The Morgan fingerprint density at radius 2 is 1.79 bits per heavy atom. The number of rotatable bonds is 2. The molecule has 0 aromatic heterocycles. The lowest BCUT2D eigenvalue weighted by Gasteiger charge is -1.98. The molecule has 0 amide bonds. The molecule has 0 radical (unpaired) electrons. The maximum absolute atomic E-state index is 11.8. The van der Waals surface area contributed by atoms with Gasteiger partial charge in [-0.1, -0.05) is 24.3 Å². The second-order valence-electron chi connectivity index (χ2n) is 2.66. The highest BCUT2D eigenvalue weighted by atomic mass is 19.4. The van der Waals surface area contributed by atoms with E-state index in [-0.39, 0.29) is 6.08 Å². The summed E-state index contributed by atoms with van der Waals surface area (Å²) >= 11 is 0. The molecule has 0 unspecified atom stereocenters. The van der Waals surface area contributed by atoms with E-state index in [9.17, 15) is 18.0 Å². The van der Waals surface area contributed by atoms with Crippen molar-refractivity contribution in [2.75, 3.05) is 0 Å². The minimum Gasteiger partial charge on any atom is -0.298 e. The first kappa shape index (κ1) is 10.5. The normalized spacial score (nSPS) is 11.9. The van der Waals surface area contributed by atoms with Crippen molar-refractivity contribution in [3.63, 3.8) is 0 Å². The molecule has 0 aliphatic rings. The third-order valence-electron chi connectivity index (χ3n) is 1.51. The average Bonchev–Trinajstić information content (AvgIpc) is 2.14. The third-order valence-corrected chi connectivity index (χ3v) is 1.51. The monoisotopic (exact) mass is 200 g/mol. The lowest BCUT2D eigenvalue weighted by Crippen LogP contribution is -2.00. The van der Waals surface area contributed by atoms with Gasteiger partial charge in [0.05, 0.1) is 0 Å². The molecule has 1 aromatic carbocycles. The summed E-state index contributed by atoms with van der Waals surface area (Å²) in [5.74, 6) is 0. The van der Waals surface area contributed by atoms with Gasteiger partial charge >= 0.3 is 6.18 Å². The first-order chi connectivity index (χ1) is 6.51. The Labute approximate surface area is 78.9 Å². The number of aldehydes is 1. The number of carbonyl (C=O) groups excluding carboxylic acids is 1. The van der Waals surface area contributed by atoms with Gasteiger partial charge in [-0.3, -0.25) is 4.79 Å². The Bertz CT molecular complexity index is 353. The first-order valence-corrected chi connectivity index (χ1v) is 3.82. The lowest BCUT2D eigenvalue weighted by atomic mass is 10.1. The zero-order valence-electron chi connectivity index (χ0n) is 7.08. The molecule has 0 fully saturated rings. The summed E-state index contributed by atoms with van der Waals surface area (Å²) in [5.41, 5.74) is 0.709. The topological polar surface area (TPSA) is 17.1 Å². The summed E-state index contributed by atoms with van der Waals surface area (Å²) in [7, 11) is 0. The van der Waals surface area contributed by atoms with E-state index in [4.69, 9.17) is 0 Å². The lowest BCUT2D eigenvalue weighted by molar-refractivity contribution is -0.0790. The fourth-order valence-corrected chi connectivity index (χ4v) is 0.927. The molecule has 1 nitrogen and oxygen atoms in total. The molecule has 1 aromatic rings. The van der Waals surface area contributed by atoms with Crippen LogP contribution in [0.2, 0.25) is 0 Å². The molecule has 74 valence electrons. The van der Waals surface area contributed by atoms with Crippen molar-refractivity contribution >= 4 is 12.4 Å². The SMILES string of the molecule is O=Cc1cccc(/C=C/C(F)(F)F)c1. The van der Waals surface area contributed by atoms with E-state index >= 15 is 0 Å². The molecular formula is C10H7F3O. The van der Waals surface area contributed by atoms with Crippen molar-refractivity contribution in [1.29, 1.82) is 0 Å². The van der Waals surface area contributed by atoms with Crippen LogP contribution in [0.3, 0.4) is 0 Å². The van der Waals surface area contributed by atoms with Crippen LogP contribution in [-0.2, 0) is 0 Å². The number of halogens is 3. The highest BCUT2D eigenvalue weighted by Crippen LogP contribution is 2.18. The van der Waals surface area contributed by atoms with Crippen molar-refractivity contribution in [1.82, 2.24) is 0 Å². The summed E-state index contributed by atoms with van der Waals surface area (Å²) in [6.07, 6.45) is -2.67. The second kappa shape index (κ2) is 4.09. The first-order valence-electron chi connectivity index (χ1n) is 3.82. The highest BCUT2D eigenvalue weighted by molar-refractivity contribution is 5.76. The zero-order chi connectivity index (χ0) is 10.6. The van der Waals surface area contributed by atoms with Crippen molar-refractivity contribution in [3.05, 3.63) is 41.5 Å². The van der Waals surface area contributed by atoms with Gasteiger partial charge in [-0.2, -0.15) is 13.2 Å². The fraction of sp³-hybridized carbons (Fsp3) is 0.100. The summed E-state index contributed by atoms with van der Waals surface area (Å²) in [5, 5.41) is 0. The molecule has 0 saturated heterocycles. The third kappa shape index (κ3) is 3.43. The Morgan fingerprint density at radius 3 is 2.36 bits per heavy atom. The van der Waals surface area contributed by atoms with Crippen molar-refractivity contribution in [3.8, 4) is 0 Å². The number of benzene rings is 1. The van der Waals surface area contributed by atoms with Crippen LogP contribution in [0.5, 0.6) is 0 Å². The largest absolute Gasteiger partial charge is 0.409 e. The molecule has 0 atom stereocenters. The Hall–Kier alpha value is -1.58. The minimum absolute atomic E-state index is 0.136. The number of carbonyl (C=O) groups is 1. The minimum atomic E-state index is -4.32.